The van der Waals surface area contributed by atoms with Crippen LogP contribution in [0.15, 0.2) is 30.3 Å². The van der Waals surface area contributed by atoms with E-state index in [-0.39, 0.29) is 12.5 Å². The minimum absolute atomic E-state index is 0.170. The van der Waals surface area contributed by atoms with Crippen LogP contribution in [0.1, 0.15) is 41.5 Å². The van der Waals surface area contributed by atoms with Crippen molar-refractivity contribution in [2.45, 2.75) is 38.5 Å². The Bertz CT molecular complexity index is 1030. The third-order valence-electron chi connectivity index (χ3n) is 6.75. The third kappa shape index (κ3) is 5.88. The monoisotopic (exact) mass is 482 g/mol. The minimum atomic E-state index is -0.685. The van der Waals surface area contributed by atoms with Gasteiger partial charge in [0.2, 0.25) is 5.91 Å². The molecule has 8 heteroatoms. The molecule has 1 heterocycles. The zero-order chi connectivity index (χ0) is 24.8. The standard InChI is InChI=1S/C27H34N2O6/c1-4-34-27(31)35-22-6-5-20-13-21(23(20)16-22)17-28-10-7-26(30)29-11-8-18-14-24(32-2)25(33-3)15-19(18)9-12-29/h5-6,14-16,21,28H,4,7-13,17H2,1-3H3. The van der Waals surface area contributed by atoms with Gasteiger partial charge >= 0.3 is 6.16 Å². The first kappa shape index (κ1) is 24.9. The van der Waals surface area contributed by atoms with Gasteiger partial charge in [0.05, 0.1) is 20.8 Å². The molecule has 0 fully saturated rings. The van der Waals surface area contributed by atoms with Crippen molar-refractivity contribution < 1.29 is 28.5 Å². The summed E-state index contributed by atoms with van der Waals surface area (Å²) < 4.78 is 20.9. The van der Waals surface area contributed by atoms with Gasteiger partial charge in [-0.15, -0.1) is 0 Å². The summed E-state index contributed by atoms with van der Waals surface area (Å²) in [5.74, 6) is 2.48. The van der Waals surface area contributed by atoms with Crippen molar-refractivity contribution in [1.82, 2.24) is 10.2 Å². The van der Waals surface area contributed by atoms with Crippen molar-refractivity contribution in [2.75, 3.05) is 47.0 Å². The van der Waals surface area contributed by atoms with Gasteiger partial charge in [-0.05, 0) is 72.7 Å². The summed E-state index contributed by atoms with van der Waals surface area (Å²) in [7, 11) is 3.28. The first-order chi connectivity index (χ1) is 17.0. The molecule has 188 valence electrons. The van der Waals surface area contributed by atoms with E-state index in [9.17, 15) is 9.59 Å². The van der Waals surface area contributed by atoms with Gasteiger partial charge in [-0.1, -0.05) is 6.07 Å². The number of carbonyl (C=O) groups excluding carboxylic acids is 2. The molecule has 0 saturated heterocycles. The molecule has 0 aromatic heterocycles. The maximum absolute atomic E-state index is 12.9. The number of hydrogen-bond donors (Lipinski definition) is 1. The SMILES string of the molecule is CCOC(=O)Oc1ccc2c(c1)C(CNCCC(=O)N1CCc3cc(OC)c(OC)cc3CC1)C2. The van der Waals surface area contributed by atoms with Crippen LogP contribution in [0.25, 0.3) is 0 Å². The van der Waals surface area contributed by atoms with Crippen molar-refractivity contribution in [1.29, 1.82) is 0 Å². The van der Waals surface area contributed by atoms with Crippen molar-refractivity contribution in [3.8, 4) is 17.2 Å². The Morgan fingerprint density at radius 3 is 2.31 bits per heavy atom. The fraction of sp³-hybridized carbons (Fsp3) is 0.481. The largest absolute Gasteiger partial charge is 0.513 e. The summed E-state index contributed by atoms with van der Waals surface area (Å²) in [6.45, 7) is 4.86. The fourth-order valence-corrected chi connectivity index (χ4v) is 4.80. The Morgan fingerprint density at radius 2 is 1.69 bits per heavy atom. The van der Waals surface area contributed by atoms with E-state index in [1.54, 1.807) is 27.2 Å². The molecule has 0 saturated carbocycles. The molecule has 8 nitrogen and oxygen atoms in total. The number of benzene rings is 2. The van der Waals surface area contributed by atoms with Crippen LogP contribution in [0, 0.1) is 0 Å². The molecule has 35 heavy (non-hydrogen) atoms. The lowest BCUT2D eigenvalue weighted by atomic mass is 9.77. The molecular formula is C27H34N2O6. The van der Waals surface area contributed by atoms with Gasteiger partial charge in [0, 0.05) is 38.5 Å². The average Bonchev–Trinajstić information content (AvgIpc) is 3.06. The van der Waals surface area contributed by atoms with E-state index in [0.717, 1.165) is 37.3 Å². The molecule has 2 aliphatic rings. The third-order valence-corrected chi connectivity index (χ3v) is 6.75. The molecule has 1 aliphatic heterocycles. The van der Waals surface area contributed by atoms with Crippen LogP contribution in [0.2, 0.25) is 0 Å². The Kier molecular flexibility index (Phi) is 8.13. The smallest absolute Gasteiger partial charge is 0.493 e. The summed E-state index contributed by atoms with van der Waals surface area (Å²) in [4.78, 5) is 26.4. The van der Waals surface area contributed by atoms with Crippen molar-refractivity contribution in [3.05, 3.63) is 52.6 Å². The van der Waals surface area contributed by atoms with Gasteiger partial charge in [0.1, 0.15) is 5.75 Å². The molecule has 2 aromatic rings. The molecule has 1 N–H and O–H groups in total. The summed E-state index contributed by atoms with van der Waals surface area (Å²) in [6, 6.07) is 9.76. The average molecular weight is 483 g/mol. The zero-order valence-corrected chi connectivity index (χ0v) is 20.7. The van der Waals surface area contributed by atoms with Crippen LogP contribution >= 0.6 is 0 Å². The van der Waals surface area contributed by atoms with Crippen LogP contribution in [-0.4, -0.2) is 64.0 Å². The van der Waals surface area contributed by atoms with Crippen LogP contribution in [-0.2, 0) is 28.8 Å². The van der Waals surface area contributed by atoms with Crippen LogP contribution < -0.4 is 19.5 Å². The predicted molar refractivity (Wildman–Crippen MR) is 132 cm³/mol. The molecule has 0 spiro atoms. The van der Waals surface area contributed by atoms with E-state index >= 15 is 0 Å². The van der Waals surface area contributed by atoms with E-state index in [1.165, 1.54) is 22.3 Å². The molecule has 2 aromatic carbocycles. The Hall–Kier alpha value is -3.26. The van der Waals surface area contributed by atoms with E-state index in [4.69, 9.17) is 18.9 Å². The second kappa shape index (κ2) is 11.4. The van der Waals surface area contributed by atoms with Crippen LogP contribution in [0.3, 0.4) is 0 Å². The molecule has 4 rings (SSSR count). The van der Waals surface area contributed by atoms with E-state index < -0.39 is 6.16 Å². The van der Waals surface area contributed by atoms with Crippen molar-refractivity contribution >= 4 is 12.1 Å². The molecule has 1 aliphatic carbocycles. The number of nitrogens with one attached hydrogen (secondary N) is 1. The van der Waals surface area contributed by atoms with Gasteiger partial charge < -0.3 is 29.2 Å². The van der Waals surface area contributed by atoms with Crippen molar-refractivity contribution in [2.24, 2.45) is 0 Å². The Labute approximate surface area is 206 Å². The van der Waals surface area contributed by atoms with Gasteiger partial charge in [-0.2, -0.15) is 0 Å². The highest BCUT2D eigenvalue weighted by atomic mass is 16.7. The molecular weight excluding hydrogens is 448 g/mol. The Morgan fingerprint density at radius 1 is 1.00 bits per heavy atom. The van der Waals surface area contributed by atoms with Crippen LogP contribution in [0.5, 0.6) is 17.2 Å². The highest BCUT2D eigenvalue weighted by molar-refractivity contribution is 5.76. The minimum Gasteiger partial charge on any atom is -0.493 e. The predicted octanol–water partition coefficient (Wildman–Crippen LogP) is 3.49. The number of ether oxygens (including phenoxy) is 4. The normalized spacial score (nSPS) is 16.3. The lowest BCUT2D eigenvalue weighted by Gasteiger charge is -2.31. The number of fused-ring (bicyclic) bond motifs is 2. The topological polar surface area (TPSA) is 86.3 Å². The van der Waals surface area contributed by atoms with E-state index in [2.05, 4.69) is 5.32 Å². The van der Waals surface area contributed by atoms with E-state index in [1.807, 2.05) is 29.2 Å². The second-order valence-electron chi connectivity index (χ2n) is 8.86. The lowest BCUT2D eigenvalue weighted by Crippen LogP contribution is -2.36. The van der Waals surface area contributed by atoms with E-state index in [0.29, 0.717) is 37.7 Å². The number of methoxy groups -OCH3 is 2. The van der Waals surface area contributed by atoms with Gasteiger partial charge in [-0.25, -0.2) is 4.79 Å². The maximum Gasteiger partial charge on any atom is 0.513 e. The van der Waals surface area contributed by atoms with Gasteiger partial charge in [0.25, 0.3) is 0 Å². The number of amides is 1. The molecule has 1 amide bonds. The number of nitrogens with zero attached hydrogens (tertiary/aromatic N) is 1. The highest BCUT2D eigenvalue weighted by Crippen LogP contribution is 2.37. The van der Waals surface area contributed by atoms with Gasteiger partial charge in [-0.3, -0.25) is 4.79 Å². The molecule has 0 bridgehead atoms. The molecule has 0 radical (unpaired) electrons. The lowest BCUT2D eigenvalue weighted by molar-refractivity contribution is -0.131. The molecule has 1 atom stereocenters. The summed E-state index contributed by atoms with van der Waals surface area (Å²) in [5.41, 5.74) is 4.88. The summed E-state index contributed by atoms with van der Waals surface area (Å²) in [5, 5.41) is 3.43. The fourth-order valence-electron chi connectivity index (χ4n) is 4.80. The Balaban J connectivity index is 1.22. The molecule has 1 unspecified atom stereocenters. The highest BCUT2D eigenvalue weighted by Gasteiger charge is 2.27. The summed E-state index contributed by atoms with van der Waals surface area (Å²) in [6.07, 6.45) is 2.38. The first-order valence-electron chi connectivity index (χ1n) is 12.2. The van der Waals surface area contributed by atoms with Crippen molar-refractivity contribution in [3.63, 3.8) is 0 Å². The first-order valence-corrected chi connectivity index (χ1v) is 12.2. The summed E-state index contributed by atoms with van der Waals surface area (Å²) >= 11 is 0. The second-order valence-corrected chi connectivity index (χ2v) is 8.86. The number of rotatable bonds is 9. The number of hydrogen-bond acceptors (Lipinski definition) is 7. The van der Waals surface area contributed by atoms with Crippen LogP contribution in [0.4, 0.5) is 4.79 Å². The quantitative estimate of drug-likeness (QED) is 0.333. The zero-order valence-electron chi connectivity index (χ0n) is 20.7. The number of carbonyl (C=O) groups is 2. The maximum atomic E-state index is 12.9. The van der Waals surface area contributed by atoms with Gasteiger partial charge in [0.15, 0.2) is 11.5 Å².